The standard InChI is InChI=1S/C36H42IO4/c1-5-36(27-19-24-18-25(21-27)22-28(36)20-24)41-34(38)23-39-31-14-16-33(17-15-31)40-32-12-10-30(11-13-32)37-29-8-6-26(7-9-29)35(2,3)4/h6-17,24-25,27-28H,5,18-23H2,1-4H3/q+1. The number of esters is 1. The maximum Gasteiger partial charge on any atom is 0.357 e. The Hall–Kier alpha value is -2.54. The van der Waals surface area contributed by atoms with Gasteiger partial charge in [0, 0.05) is 0 Å². The molecule has 5 heteroatoms. The number of benzene rings is 3. The third-order valence-electron chi connectivity index (χ3n) is 9.53. The van der Waals surface area contributed by atoms with Crippen molar-refractivity contribution in [3.05, 3.63) is 85.5 Å². The highest BCUT2D eigenvalue weighted by molar-refractivity contribution is 5.71. The molecule has 4 fully saturated rings. The van der Waals surface area contributed by atoms with Crippen molar-refractivity contribution >= 4 is 5.97 Å². The van der Waals surface area contributed by atoms with Crippen LogP contribution in [0.5, 0.6) is 17.2 Å². The van der Waals surface area contributed by atoms with Crippen LogP contribution in [0.4, 0.5) is 0 Å². The van der Waals surface area contributed by atoms with Crippen LogP contribution in [0.1, 0.15) is 71.8 Å². The topological polar surface area (TPSA) is 44.8 Å². The fourth-order valence-corrected chi connectivity index (χ4v) is 9.78. The van der Waals surface area contributed by atoms with Gasteiger partial charge in [-0.2, -0.15) is 0 Å². The Morgan fingerprint density at radius 3 is 1.76 bits per heavy atom. The zero-order valence-electron chi connectivity index (χ0n) is 24.7. The summed E-state index contributed by atoms with van der Waals surface area (Å²) in [4.78, 5) is 12.9. The molecule has 0 atom stereocenters. The molecule has 0 heterocycles. The Kier molecular flexibility index (Phi) is 8.10. The number of halogens is 1. The second kappa shape index (κ2) is 11.6. The zero-order valence-corrected chi connectivity index (χ0v) is 26.9. The van der Waals surface area contributed by atoms with Crippen molar-refractivity contribution in [3.8, 4) is 17.2 Å². The minimum absolute atomic E-state index is 0.0578. The maximum absolute atomic E-state index is 12.9. The molecule has 0 spiro atoms. The Morgan fingerprint density at radius 1 is 0.756 bits per heavy atom. The van der Waals surface area contributed by atoms with Crippen molar-refractivity contribution < 1.29 is 40.2 Å². The fraction of sp³-hybridized carbons (Fsp3) is 0.472. The summed E-state index contributed by atoms with van der Waals surface area (Å²) >= 11 is -0.233. The molecule has 0 aromatic heterocycles. The summed E-state index contributed by atoms with van der Waals surface area (Å²) < 4.78 is 20.9. The monoisotopic (exact) mass is 665 g/mol. The number of rotatable bonds is 9. The van der Waals surface area contributed by atoms with Crippen LogP contribution in [0.2, 0.25) is 0 Å². The summed E-state index contributed by atoms with van der Waals surface area (Å²) in [5.41, 5.74) is 1.27. The number of carbonyl (C=O) groups excluding carboxylic acids is 1. The lowest BCUT2D eigenvalue weighted by Crippen LogP contribution is -3.61. The van der Waals surface area contributed by atoms with Crippen molar-refractivity contribution in [2.75, 3.05) is 6.61 Å². The zero-order chi connectivity index (χ0) is 28.6. The van der Waals surface area contributed by atoms with E-state index in [0.29, 0.717) is 17.6 Å². The van der Waals surface area contributed by atoms with Crippen LogP contribution in [-0.2, 0) is 14.9 Å². The summed E-state index contributed by atoms with van der Waals surface area (Å²) in [6, 6.07) is 24.9. The normalized spacial score (nSPS) is 26.5. The highest BCUT2D eigenvalue weighted by Gasteiger charge is 2.58. The molecular weight excluding hydrogens is 623 g/mol. The average molecular weight is 666 g/mol. The van der Waals surface area contributed by atoms with Gasteiger partial charge in [0.2, 0.25) is 0 Å². The van der Waals surface area contributed by atoms with Gasteiger partial charge in [-0.3, -0.25) is 0 Å². The van der Waals surface area contributed by atoms with Crippen LogP contribution in [0, 0.1) is 30.8 Å². The van der Waals surface area contributed by atoms with Crippen molar-refractivity contribution in [2.45, 2.75) is 77.2 Å². The molecule has 4 aliphatic rings. The van der Waals surface area contributed by atoms with Crippen LogP contribution in [0.3, 0.4) is 0 Å². The maximum atomic E-state index is 12.9. The van der Waals surface area contributed by atoms with Crippen LogP contribution >= 0.6 is 0 Å². The van der Waals surface area contributed by atoms with Crippen molar-refractivity contribution in [1.82, 2.24) is 0 Å². The molecule has 41 heavy (non-hydrogen) atoms. The molecule has 4 aliphatic carbocycles. The molecular formula is C36H42IO4+. The largest absolute Gasteiger partial charge is 0.482 e. The van der Waals surface area contributed by atoms with E-state index in [0.717, 1.165) is 29.8 Å². The van der Waals surface area contributed by atoms with E-state index < -0.39 is 0 Å². The highest BCUT2D eigenvalue weighted by atomic mass is 127. The Morgan fingerprint density at radius 2 is 1.24 bits per heavy atom. The van der Waals surface area contributed by atoms with Gasteiger partial charge in [0.1, 0.15) is 22.8 Å². The van der Waals surface area contributed by atoms with E-state index in [1.165, 1.54) is 44.8 Å². The van der Waals surface area contributed by atoms with E-state index >= 15 is 0 Å². The average Bonchev–Trinajstić information content (AvgIpc) is 2.95. The highest BCUT2D eigenvalue weighted by Crippen LogP contribution is 2.60. The van der Waals surface area contributed by atoms with E-state index in [2.05, 4.69) is 64.1 Å². The third kappa shape index (κ3) is 6.30. The Bertz CT molecular complexity index is 1310. The molecule has 0 unspecified atom stereocenters. The van der Waals surface area contributed by atoms with Crippen LogP contribution in [0.25, 0.3) is 0 Å². The van der Waals surface area contributed by atoms with E-state index in [1.807, 2.05) is 36.4 Å². The minimum atomic E-state index is -0.278. The first-order valence-corrected chi connectivity index (χ1v) is 17.3. The molecule has 0 saturated heterocycles. The van der Waals surface area contributed by atoms with Gasteiger partial charge in [-0.05, 0) is 134 Å². The summed E-state index contributed by atoms with van der Waals surface area (Å²) in [6.45, 7) is 8.87. The molecule has 0 N–H and O–H groups in total. The molecule has 3 aromatic carbocycles. The lowest BCUT2D eigenvalue weighted by atomic mass is 9.49. The molecule has 4 saturated carbocycles. The predicted octanol–water partition coefficient (Wildman–Crippen LogP) is 5.43. The Labute approximate surface area is 255 Å². The quantitative estimate of drug-likeness (QED) is 0.226. The van der Waals surface area contributed by atoms with Crippen LogP contribution < -0.4 is 30.7 Å². The van der Waals surface area contributed by atoms with Gasteiger partial charge in [0.25, 0.3) is 0 Å². The first-order chi connectivity index (χ1) is 19.7. The molecule has 3 aromatic rings. The first kappa shape index (κ1) is 28.6. The summed E-state index contributed by atoms with van der Waals surface area (Å²) in [6.07, 6.45) is 7.21. The van der Waals surface area contributed by atoms with Gasteiger partial charge in [-0.1, -0.05) is 39.8 Å². The molecule has 0 aliphatic heterocycles. The predicted molar refractivity (Wildman–Crippen MR) is 157 cm³/mol. The van der Waals surface area contributed by atoms with Crippen molar-refractivity contribution in [1.29, 1.82) is 0 Å². The van der Waals surface area contributed by atoms with Gasteiger partial charge in [-0.25, -0.2) is 4.79 Å². The minimum Gasteiger partial charge on any atom is -0.482 e. The van der Waals surface area contributed by atoms with Gasteiger partial charge in [0.15, 0.2) is 13.7 Å². The number of hydrogen-bond donors (Lipinski definition) is 0. The van der Waals surface area contributed by atoms with Crippen molar-refractivity contribution in [3.63, 3.8) is 0 Å². The molecule has 4 bridgehead atoms. The second-order valence-electron chi connectivity index (χ2n) is 13.3. The molecule has 0 amide bonds. The van der Waals surface area contributed by atoms with Crippen LogP contribution in [-0.4, -0.2) is 18.2 Å². The Balaban J connectivity index is 0.989. The summed E-state index contributed by atoms with van der Waals surface area (Å²) in [5, 5.41) is 0. The summed E-state index contributed by atoms with van der Waals surface area (Å²) in [5.74, 6) is 4.69. The van der Waals surface area contributed by atoms with Gasteiger partial charge < -0.3 is 14.2 Å². The molecule has 216 valence electrons. The molecule has 4 nitrogen and oxygen atoms in total. The van der Waals surface area contributed by atoms with E-state index in [1.54, 1.807) is 0 Å². The van der Waals surface area contributed by atoms with Gasteiger partial charge >= 0.3 is 27.2 Å². The van der Waals surface area contributed by atoms with Crippen molar-refractivity contribution in [2.24, 2.45) is 23.7 Å². The smallest absolute Gasteiger partial charge is 0.357 e. The van der Waals surface area contributed by atoms with E-state index in [4.69, 9.17) is 14.2 Å². The first-order valence-electron chi connectivity index (χ1n) is 15.2. The second-order valence-corrected chi connectivity index (χ2v) is 16.3. The number of carbonyl (C=O) groups is 1. The molecule has 0 radical (unpaired) electrons. The lowest BCUT2D eigenvalue weighted by Gasteiger charge is -2.60. The van der Waals surface area contributed by atoms with Gasteiger partial charge in [0.05, 0.1) is 0 Å². The van der Waals surface area contributed by atoms with Gasteiger partial charge in [-0.15, -0.1) is 0 Å². The number of ether oxygens (including phenoxy) is 3. The third-order valence-corrected chi connectivity index (χ3v) is 12.2. The summed E-state index contributed by atoms with van der Waals surface area (Å²) in [7, 11) is 0. The number of hydrogen-bond acceptors (Lipinski definition) is 4. The SMILES string of the molecule is CCC1(OC(=O)COc2ccc(Oc3ccc([I+]c4ccc(C(C)(C)C)cc4)cc3)cc2)C2CC3CC(C2)CC1C3. The van der Waals surface area contributed by atoms with Crippen LogP contribution in [0.15, 0.2) is 72.8 Å². The van der Waals surface area contributed by atoms with E-state index in [-0.39, 0.29) is 44.8 Å². The van der Waals surface area contributed by atoms with E-state index in [9.17, 15) is 4.79 Å². The lowest BCUT2D eigenvalue weighted by molar-refractivity contribution is -0.597. The molecule has 7 rings (SSSR count). The fourth-order valence-electron chi connectivity index (χ4n) is 7.63.